The topological polar surface area (TPSA) is 85.5 Å². The Bertz CT molecular complexity index is 651. The van der Waals surface area contributed by atoms with Gasteiger partial charge in [0.2, 0.25) is 0 Å². The van der Waals surface area contributed by atoms with Crippen molar-refractivity contribution in [2.75, 3.05) is 13.2 Å². The normalized spacial score (nSPS) is 11.7. The average molecular weight is 306 g/mol. The molecule has 0 unspecified atom stereocenters. The number of amides is 1. The van der Waals surface area contributed by atoms with E-state index in [1.165, 1.54) is 36.5 Å². The Morgan fingerprint density at radius 3 is 2.95 bits per heavy atom. The molecule has 0 fully saturated rings. The molecule has 1 heterocycles. The molecule has 116 valence electrons. The van der Waals surface area contributed by atoms with E-state index in [-0.39, 0.29) is 18.7 Å². The molecule has 0 aliphatic heterocycles. The van der Waals surface area contributed by atoms with Crippen LogP contribution in [0.5, 0.6) is 5.75 Å². The third kappa shape index (κ3) is 4.71. The second kappa shape index (κ2) is 7.37. The van der Waals surface area contributed by atoms with E-state index in [0.717, 1.165) is 6.20 Å². The van der Waals surface area contributed by atoms with Gasteiger partial charge < -0.3 is 20.4 Å². The molecule has 22 heavy (non-hydrogen) atoms. The number of carbonyl (C=O) groups is 1. The van der Waals surface area contributed by atoms with E-state index in [0.29, 0.717) is 10.5 Å². The van der Waals surface area contributed by atoms with Gasteiger partial charge in [0.25, 0.3) is 5.91 Å². The molecule has 0 saturated carbocycles. The summed E-state index contributed by atoms with van der Waals surface area (Å²) < 4.78 is 18.7. The molecule has 6 nitrogen and oxygen atoms in total. The highest BCUT2D eigenvalue weighted by atomic mass is 19.1. The van der Waals surface area contributed by atoms with Gasteiger partial charge in [0.05, 0.1) is 0 Å². The zero-order chi connectivity index (χ0) is 15.9. The number of aliphatic hydroxyl groups is 1. The number of nitrogens with one attached hydrogen (secondary N) is 1. The maximum atomic E-state index is 12.9. The summed E-state index contributed by atoms with van der Waals surface area (Å²) in [5, 5.41) is 23.3. The van der Waals surface area contributed by atoms with Gasteiger partial charge in [-0.15, -0.1) is 0 Å². The standard InChI is InChI=1S/C15H15FN2O4/c16-12-4-1-5-14(7-12)22-10-13(19)8-17-15(20)11-3-2-6-18(21)9-11/h1-7,9,13,19H,8,10H2,(H,17,20)/t13-/m1/s1. The van der Waals surface area contributed by atoms with Gasteiger partial charge in [-0.2, -0.15) is 4.73 Å². The predicted octanol–water partition coefficient (Wildman–Crippen LogP) is 0.629. The van der Waals surface area contributed by atoms with Gasteiger partial charge >= 0.3 is 0 Å². The number of rotatable bonds is 6. The minimum Gasteiger partial charge on any atom is -0.619 e. The Kier molecular flexibility index (Phi) is 5.26. The maximum absolute atomic E-state index is 12.9. The fraction of sp³-hybridized carbons (Fsp3) is 0.200. The summed E-state index contributed by atoms with van der Waals surface area (Å²) >= 11 is 0. The summed E-state index contributed by atoms with van der Waals surface area (Å²) in [6.45, 7) is -0.151. The number of hydrogen-bond acceptors (Lipinski definition) is 4. The Hall–Kier alpha value is -2.67. The van der Waals surface area contributed by atoms with Crippen LogP contribution >= 0.6 is 0 Å². The molecule has 2 rings (SSSR count). The average Bonchev–Trinajstić information content (AvgIpc) is 2.50. The predicted molar refractivity (Wildman–Crippen MR) is 75.6 cm³/mol. The molecule has 1 atom stereocenters. The van der Waals surface area contributed by atoms with Crippen LogP contribution in [0.2, 0.25) is 0 Å². The van der Waals surface area contributed by atoms with Crippen LogP contribution in [0.3, 0.4) is 0 Å². The van der Waals surface area contributed by atoms with Crippen molar-refractivity contribution in [1.82, 2.24) is 5.32 Å². The minimum atomic E-state index is -0.963. The van der Waals surface area contributed by atoms with Gasteiger partial charge in [-0.25, -0.2) is 4.39 Å². The van der Waals surface area contributed by atoms with E-state index in [9.17, 15) is 19.5 Å². The summed E-state index contributed by atoms with van der Waals surface area (Å²) in [7, 11) is 0. The van der Waals surface area contributed by atoms with Crippen molar-refractivity contribution in [3.63, 3.8) is 0 Å². The maximum Gasteiger partial charge on any atom is 0.257 e. The zero-order valence-corrected chi connectivity index (χ0v) is 11.6. The Labute approximate surface area is 126 Å². The van der Waals surface area contributed by atoms with Crippen molar-refractivity contribution in [2.45, 2.75) is 6.10 Å². The van der Waals surface area contributed by atoms with Crippen LogP contribution in [-0.4, -0.2) is 30.3 Å². The fourth-order valence-electron chi connectivity index (χ4n) is 1.71. The lowest BCUT2D eigenvalue weighted by atomic mass is 10.2. The van der Waals surface area contributed by atoms with E-state index >= 15 is 0 Å². The fourth-order valence-corrected chi connectivity index (χ4v) is 1.71. The second-order valence-electron chi connectivity index (χ2n) is 4.58. The van der Waals surface area contributed by atoms with E-state index in [4.69, 9.17) is 4.74 Å². The highest BCUT2D eigenvalue weighted by Gasteiger charge is 2.11. The first-order valence-corrected chi connectivity index (χ1v) is 6.58. The number of halogens is 1. The van der Waals surface area contributed by atoms with Crippen LogP contribution in [-0.2, 0) is 0 Å². The molecule has 0 bridgehead atoms. The van der Waals surface area contributed by atoms with Crippen molar-refractivity contribution in [3.8, 4) is 5.75 Å². The Morgan fingerprint density at radius 1 is 1.41 bits per heavy atom. The van der Waals surface area contributed by atoms with Gasteiger partial charge in [-0.3, -0.25) is 4.79 Å². The third-order valence-corrected chi connectivity index (χ3v) is 2.77. The molecule has 1 aromatic carbocycles. The SMILES string of the molecule is O=C(NC[C@@H](O)COc1cccc(F)c1)c1ccc[n+]([O-])c1. The number of hydrogen-bond donors (Lipinski definition) is 2. The molecule has 1 aromatic heterocycles. The van der Waals surface area contributed by atoms with E-state index in [1.807, 2.05) is 0 Å². The smallest absolute Gasteiger partial charge is 0.257 e. The van der Waals surface area contributed by atoms with Crippen molar-refractivity contribution in [1.29, 1.82) is 0 Å². The summed E-state index contributed by atoms with van der Waals surface area (Å²) in [5.74, 6) is -0.619. The lowest BCUT2D eigenvalue weighted by Gasteiger charge is -2.13. The molecule has 0 aliphatic carbocycles. The van der Waals surface area contributed by atoms with E-state index < -0.39 is 17.8 Å². The van der Waals surface area contributed by atoms with Crippen molar-refractivity contribution in [3.05, 3.63) is 65.4 Å². The minimum absolute atomic E-state index is 0.0537. The number of carbonyl (C=O) groups excluding carboxylic acids is 1. The van der Waals surface area contributed by atoms with Crippen LogP contribution < -0.4 is 14.8 Å². The molecule has 1 amide bonds. The summed E-state index contributed by atoms with van der Waals surface area (Å²) in [5.41, 5.74) is 0.191. The molecule has 2 aromatic rings. The van der Waals surface area contributed by atoms with Crippen LogP contribution in [0.4, 0.5) is 4.39 Å². The molecule has 0 spiro atoms. The zero-order valence-electron chi connectivity index (χ0n) is 11.6. The summed E-state index contributed by atoms with van der Waals surface area (Å²) in [6.07, 6.45) is 1.43. The molecular weight excluding hydrogens is 291 g/mol. The number of pyridine rings is 1. The summed E-state index contributed by atoms with van der Waals surface area (Å²) in [6, 6.07) is 8.47. The Morgan fingerprint density at radius 2 is 2.23 bits per heavy atom. The summed E-state index contributed by atoms with van der Waals surface area (Å²) in [4.78, 5) is 11.8. The molecular formula is C15H15FN2O4. The highest BCUT2D eigenvalue weighted by molar-refractivity contribution is 5.93. The van der Waals surface area contributed by atoms with Gasteiger partial charge in [-0.1, -0.05) is 6.07 Å². The van der Waals surface area contributed by atoms with Crippen LogP contribution in [0.1, 0.15) is 10.4 Å². The first kappa shape index (κ1) is 15.7. The van der Waals surface area contributed by atoms with Gasteiger partial charge in [0.15, 0.2) is 12.4 Å². The van der Waals surface area contributed by atoms with Crippen LogP contribution in [0.25, 0.3) is 0 Å². The number of aliphatic hydroxyl groups excluding tert-OH is 1. The Balaban J connectivity index is 1.78. The first-order chi connectivity index (χ1) is 10.5. The molecule has 0 aliphatic rings. The van der Waals surface area contributed by atoms with E-state index in [2.05, 4.69) is 5.32 Å². The van der Waals surface area contributed by atoms with Crippen LogP contribution in [0, 0.1) is 11.0 Å². The monoisotopic (exact) mass is 306 g/mol. The highest BCUT2D eigenvalue weighted by Crippen LogP contribution is 2.11. The van der Waals surface area contributed by atoms with Crippen molar-refractivity contribution in [2.24, 2.45) is 0 Å². The lowest BCUT2D eigenvalue weighted by Crippen LogP contribution is -2.36. The quantitative estimate of drug-likeness (QED) is 0.605. The van der Waals surface area contributed by atoms with E-state index in [1.54, 1.807) is 6.07 Å². The lowest BCUT2D eigenvalue weighted by molar-refractivity contribution is -0.605. The first-order valence-electron chi connectivity index (χ1n) is 6.58. The van der Waals surface area contributed by atoms with Crippen LogP contribution in [0.15, 0.2) is 48.8 Å². The number of ether oxygens (including phenoxy) is 1. The molecule has 0 radical (unpaired) electrons. The molecule has 7 heteroatoms. The molecule has 2 N–H and O–H groups in total. The van der Waals surface area contributed by atoms with Gasteiger partial charge in [0, 0.05) is 18.7 Å². The number of benzene rings is 1. The third-order valence-electron chi connectivity index (χ3n) is 2.77. The largest absolute Gasteiger partial charge is 0.619 e. The number of nitrogens with zero attached hydrogens (tertiary/aromatic N) is 1. The van der Waals surface area contributed by atoms with Crippen molar-refractivity contribution >= 4 is 5.91 Å². The second-order valence-corrected chi connectivity index (χ2v) is 4.58. The number of aromatic nitrogens is 1. The molecule has 0 saturated heterocycles. The van der Waals surface area contributed by atoms with Gasteiger partial charge in [0.1, 0.15) is 29.8 Å². The van der Waals surface area contributed by atoms with Crippen molar-refractivity contribution < 1.29 is 23.8 Å². The van der Waals surface area contributed by atoms with Gasteiger partial charge in [-0.05, 0) is 18.2 Å².